The fraction of sp³-hybridized carbons (Fsp3) is 0.643. The maximum atomic E-state index is 12.6. The van der Waals surface area contributed by atoms with Gasteiger partial charge in [0.1, 0.15) is 5.82 Å². The molecule has 1 rings (SSSR count). The van der Waals surface area contributed by atoms with E-state index in [1.165, 1.54) is 0 Å². The predicted molar refractivity (Wildman–Crippen MR) is 84.1 cm³/mol. The molecule has 0 aliphatic heterocycles. The van der Waals surface area contributed by atoms with Crippen molar-refractivity contribution in [1.82, 2.24) is 14.9 Å². The molecule has 0 fully saturated rings. The number of nitrogens with two attached hydrogens (primary N) is 1. The molecule has 0 atom stereocenters. The van der Waals surface area contributed by atoms with Crippen LogP contribution in [0.3, 0.4) is 0 Å². The van der Waals surface area contributed by atoms with Crippen LogP contribution in [0.2, 0.25) is 0 Å². The van der Waals surface area contributed by atoms with Crippen molar-refractivity contribution < 1.29 is 4.79 Å². The SMILES string of the molecule is CCCC(CCC)(C(=O)NCc1nccn1C)C(N)=S. The summed E-state index contributed by atoms with van der Waals surface area (Å²) in [6.45, 7) is 4.46. The molecule has 0 spiro atoms. The first-order valence-corrected chi connectivity index (χ1v) is 7.43. The van der Waals surface area contributed by atoms with Crippen molar-refractivity contribution in [3.8, 4) is 0 Å². The lowest BCUT2D eigenvalue weighted by atomic mass is 9.78. The van der Waals surface area contributed by atoms with Crippen LogP contribution in [0.4, 0.5) is 0 Å². The predicted octanol–water partition coefficient (Wildman–Crippen LogP) is 1.91. The van der Waals surface area contributed by atoms with Crippen LogP contribution in [0.25, 0.3) is 0 Å². The van der Waals surface area contributed by atoms with Gasteiger partial charge in [-0.3, -0.25) is 4.79 Å². The Morgan fingerprint density at radius 2 is 2.05 bits per heavy atom. The van der Waals surface area contributed by atoms with Crippen LogP contribution in [0.1, 0.15) is 45.4 Å². The van der Waals surface area contributed by atoms with Crippen LogP contribution >= 0.6 is 12.2 Å². The molecule has 0 bridgehead atoms. The first-order chi connectivity index (χ1) is 9.47. The van der Waals surface area contributed by atoms with Crippen molar-refractivity contribution in [1.29, 1.82) is 0 Å². The smallest absolute Gasteiger partial charge is 0.233 e. The zero-order valence-corrected chi connectivity index (χ0v) is 13.3. The third-order valence-corrected chi connectivity index (χ3v) is 3.98. The molecule has 1 aromatic rings. The van der Waals surface area contributed by atoms with Gasteiger partial charge in [-0.05, 0) is 12.8 Å². The van der Waals surface area contributed by atoms with Gasteiger partial charge in [0.05, 0.1) is 16.9 Å². The molecule has 6 heteroatoms. The van der Waals surface area contributed by atoms with Crippen LogP contribution in [0, 0.1) is 5.41 Å². The van der Waals surface area contributed by atoms with Crippen molar-refractivity contribution >= 4 is 23.1 Å². The van der Waals surface area contributed by atoms with Crippen molar-refractivity contribution in [3.05, 3.63) is 18.2 Å². The molecule has 0 aromatic carbocycles. The van der Waals surface area contributed by atoms with Crippen LogP contribution in [0.5, 0.6) is 0 Å². The van der Waals surface area contributed by atoms with Crippen LogP contribution in [0.15, 0.2) is 12.4 Å². The molecule has 1 aromatic heterocycles. The third kappa shape index (κ3) is 3.56. The standard InChI is InChI=1S/C14H24N4OS/c1-4-6-14(7-5-2,12(15)20)13(19)17-10-11-16-8-9-18(11)3/h8-9H,4-7,10H2,1-3H3,(H2,15,20)(H,17,19). The zero-order valence-electron chi connectivity index (χ0n) is 12.5. The maximum absolute atomic E-state index is 12.6. The minimum absolute atomic E-state index is 0.0864. The normalized spacial score (nSPS) is 11.3. The minimum Gasteiger partial charge on any atom is -0.392 e. The van der Waals surface area contributed by atoms with Gasteiger partial charge in [0.2, 0.25) is 5.91 Å². The summed E-state index contributed by atoms with van der Waals surface area (Å²) in [6, 6.07) is 0. The molecule has 112 valence electrons. The molecule has 20 heavy (non-hydrogen) atoms. The molecular weight excluding hydrogens is 272 g/mol. The summed E-state index contributed by atoms with van der Waals surface area (Å²) < 4.78 is 1.88. The fourth-order valence-electron chi connectivity index (χ4n) is 2.46. The number of hydrogen-bond acceptors (Lipinski definition) is 3. The van der Waals surface area contributed by atoms with E-state index >= 15 is 0 Å². The first-order valence-electron chi connectivity index (χ1n) is 7.02. The highest BCUT2D eigenvalue weighted by Gasteiger charge is 2.39. The van der Waals surface area contributed by atoms with Gasteiger partial charge >= 0.3 is 0 Å². The van der Waals surface area contributed by atoms with Crippen LogP contribution in [-0.4, -0.2) is 20.4 Å². The number of thiocarbonyl (C=S) groups is 1. The van der Waals surface area contributed by atoms with E-state index in [2.05, 4.69) is 10.3 Å². The van der Waals surface area contributed by atoms with Gasteiger partial charge in [0.15, 0.2) is 0 Å². The highest BCUT2D eigenvalue weighted by atomic mass is 32.1. The molecule has 0 saturated heterocycles. The summed E-state index contributed by atoms with van der Waals surface area (Å²) in [6.07, 6.45) is 6.66. The second-order valence-corrected chi connectivity index (χ2v) is 5.52. The molecule has 1 heterocycles. The Morgan fingerprint density at radius 1 is 1.45 bits per heavy atom. The number of carbonyl (C=O) groups excluding carboxylic acids is 1. The lowest BCUT2D eigenvalue weighted by Crippen LogP contribution is -2.48. The number of hydrogen-bond donors (Lipinski definition) is 2. The summed E-state index contributed by atoms with van der Waals surface area (Å²) >= 11 is 5.17. The zero-order chi connectivity index (χ0) is 15.2. The topological polar surface area (TPSA) is 72.9 Å². The first kappa shape index (κ1) is 16.6. The Labute approximate surface area is 125 Å². The highest BCUT2D eigenvalue weighted by molar-refractivity contribution is 7.80. The van der Waals surface area contributed by atoms with E-state index < -0.39 is 5.41 Å². The molecule has 0 aliphatic carbocycles. The van der Waals surface area contributed by atoms with Crippen LogP contribution in [-0.2, 0) is 18.4 Å². The summed E-state index contributed by atoms with van der Waals surface area (Å²) in [5, 5.41) is 2.93. The molecule has 0 aliphatic rings. The molecule has 0 saturated carbocycles. The van der Waals surface area contributed by atoms with Gasteiger partial charge in [-0.1, -0.05) is 38.9 Å². The number of nitrogens with zero attached hydrogens (tertiary/aromatic N) is 2. The number of amides is 1. The van der Waals surface area contributed by atoms with Crippen molar-refractivity contribution in [3.63, 3.8) is 0 Å². The minimum atomic E-state index is -0.732. The number of aryl methyl sites for hydroxylation is 1. The molecule has 1 amide bonds. The largest absolute Gasteiger partial charge is 0.392 e. The van der Waals surface area contributed by atoms with E-state index in [1.807, 2.05) is 31.7 Å². The number of rotatable bonds is 8. The maximum Gasteiger partial charge on any atom is 0.233 e. The molecule has 0 unspecified atom stereocenters. The lowest BCUT2D eigenvalue weighted by Gasteiger charge is -2.31. The van der Waals surface area contributed by atoms with E-state index in [-0.39, 0.29) is 5.91 Å². The Kier molecular flexibility index (Phi) is 6.13. The third-order valence-electron chi connectivity index (χ3n) is 3.59. The second kappa shape index (κ2) is 7.38. The molecular formula is C14H24N4OS. The van der Waals surface area contributed by atoms with Crippen LogP contribution < -0.4 is 11.1 Å². The highest BCUT2D eigenvalue weighted by Crippen LogP contribution is 2.31. The number of imidazole rings is 1. The molecule has 5 nitrogen and oxygen atoms in total. The number of nitrogens with one attached hydrogen (secondary N) is 1. The molecule has 3 N–H and O–H groups in total. The quantitative estimate of drug-likeness (QED) is 0.719. The fourth-order valence-corrected chi connectivity index (χ4v) is 2.76. The average molecular weight is 296 g/mol. The monoisotopic (exact) mass is 296 g/mol. The Balaban J connectivity index is 2.82. The summed E-state index contributed by atoms with van der Waals surface area (Å²) in [5.41, 5.74) is 5.14. The number of aromatic nitrogens is 2. The lowest BCUT2D eigenvalue weighted by molar-refractivity contribution is -0.128. The van der Waals surface area contributed by atoms with E-state index in [9.17, 15) is 4.79 Å². The van der Waals surface area contributed by atoms with Gasteiger partial charge in [0.25, 0.3) is 0 Å². The second-order valence-electron chi connectivity index (χ2n) is 5.08. The van der Waals surface area contributed by atoms with Gasteiger partial charge in [0, 0.05) is 19.4 Å². The summed E-state index contributed by atoms with van der Waals surface area (Å²) in [7, 11) is 1.90. The van der Waals surface area contributed by atoms with Gasteiger partial charge in [-0.15, -0.1) is 0 Å². The Morgan fingerprint density at radius 3 is 2.45 bits per heavy atom. The van der Waals surface area contributed by atoms with Crippen molar-refractivity contribution in [2.75, 3.05) is 0 Å². The van der Waals surface area contributed by atoms with Gasteiger partial charge in [-0.2, -0.15) is 0 Å². The van der Waals surface area contributed by atoms with E-state index in [4.69, 9.17) is 18.0 Å². The van der Waals surface area contributed by atoms with E-state index in [0.29, 0.717) is 24.4 Å². The van der Waals surface area contributed by atoms with Crippen molar-refractivity contribution in [2.24, 2.45) is 18.2 Å². The average Bonchev–Trinajstić information content (AvgIpc) is 2.80. The van der Waals surface area contributed by atoms with Gasteiger partial charge in [-0.25, -0.2) is 4.98 Å². The number of carbonyl (C=O) groups is 1. The summed E-state index contributed by atoms with van der Waals surface area (Å²) in [4.78, 5) is 17.1. The molecule has 0 radical (unpaired) electrons. The van der Waals surface area contributed by atoms with E-state index in [0.717, 1.165) is 18.7 Å². The summed E-state index contributed by atoms with van der Waals surface area (Å²) in [5.74, 6) is 0.722. The van der Waals surface area contributed by atoms with Gasteiger partial charge < -0.3 is 15.6 Å². The Hall–Kier alpha value is -1.43. The Bertz CT molecular complexity index is 463. The van der Waals surface area contributed by atoms with Crippen molar-refractivity contribution in [2.45, 2.75) is 46.1 Å². The van der Waals surface area contributed by atoms with E-state index in [1.54, 1.807) is 6.20 Å².